The lowest BCUT2D eigenvalue weighted by Gasteiger charge is -2.32. The molecule has 94 valence electrons. The summed E-state index contributed by atoms with van der Waals surface area (Å²) in [4.78, 5) is 0. The van der Waals surface area contributed by atoms with Gasteiger partial charge < -0.3 is 0 Å². The van der Waals surface area contributed by atoms with Crippen molar-refractivity contribution in [2.75, 3.05) is 5.88 Å². The van der Waals surface area contributed by atoms with Crippen LogP contribution in [0.5, 0.6) is 0 Å². The molecule has 3 unspecified atom stereocenters. The van der Waals surface area contributed by atoms with Crippen LogP contribution in [0.2, 0.25) is 0 Å². The Morgan fingerprint density at radius 2 is 1.94 bits per heavy atom. The molecule has 3 atom stereocenters. The van der Waals surface area contributed by atoms with Crippen LogP contribution < -0.4 is 0 Å². The molecule has 0 aromatic rings. The van der Waals surface area contributed by atoms with Crippen molar-refractivity contribution in [3.8, 4) is 0 Å². The van der Waals surface area contributed by atoms with Gasteiger partial charge >= 0.3 is 0 Å². The first-order chi connectivity index (χ1) is 7.73. The number of fused-ring (bicyclic) bond motifs is 1. The highest BCUT2D eigenvalue weighted by Gasteiger charge is 2.53. The van der Waals surface area contributed by atoms with E-state index < -0.39 is 0 Å². The highest BCUT2D eigenvalue weighted by atomic mass is 35.5. The first kappa shape index (κ1) is 12.7. The lowest BCUT2D eigenvalue weighted by Crippen LogP contribution is -2.24. The van der Waals surface area contributed by atoms with Gasteiger partial charge in [0.05, 0.1) is 0 Å². The van der Waals surface area contributed by atoms with Gasteiger partial charge in [0.15, 0.2) is 0 Å². The van der Waals surface area contributed by atoms with Crippen molar-refractivity contribution >= 4 is 11.6 Å². The fourth-order valence-corrected chi connectivity index (χ4v) is 4.22. The molecule has 2 aliphatic rings. The van der Waals surface area contributed by atoms with Gasteiger partial charge in [0.25, 0.3) is 0 Å². The van der Waals surface area contributed by atoms with Gasteiger partial charge in [-0.1, -0.05) is 39.5 Å². The van der Waals surface area contributed by atoms with E-state index in [1.54, 1.807) is 0 Å². The number of alkyl halides is 1. The number of halogens is 1. The van der Waals surface area contributed by atoms with Crippen molar-refractivity contribution in [2.24, 2.45) is 23.2 Å². The van der Waals surface area contributed by atoms with Crippen LogP contribution in [0.3, 0.4) is 0 Å². The van der Waals surface area contributed by atoms with E-state index in [0.29, 0.717) is 5.41 Å². The largest absolute Gasteiger partial charge is 0.126 e. The summed E-state index contributed by atoms with van der Waals surface area (Å²) in [7, 11) is 0. The normalized spacial score (nSPS) is 38.4. The standard InChI is InChI=1S/C15H27Cl/c1-3-5-6-12(4-2)8-15(11-16)9-13-7-14(13)10-15/h12-14H,3-11H2,1-2H3. The molecule has 0 aromatic carbocycles. The minimum atomic E-state index is 0.545. The summed E-state index contributed by atoms with van der Waals surface area (Å²) in [6.07, 6.45) is 11.4. The van der Waals surface area contributed by atoms with Crippen molar-refractivity contribution in [2.45, 2.75) is 65.2 Å². The zero-order valence-electron chi connectivity index (χ0n) is 11.0. The second kappa shape index (κ2) is 5.29. The van der Waals surface area contributed by atoms with Gasteiger partial charge in [0.1, 0.15) is 0 Å². The summed E-state index contributed by atoms with van der Waals surface area (Å²) in [5, 5.41) is 0. The predicted octanol–water partition coefficient (Wildman–Crippen LogP) is 5.25. The fraction of sp³-hybridized carbons (Fsp3) is 1.00. The van der Waals surface area contributed by atoms with Crippen LogP contribution in [0.4, 0.5) is 0 Å². The van der Waals surface area contributed by atoms with E-state index in [4.69, 9.17) is 11.6 Å². The molecule has 2 aliphatic carbocycles. The van der Waals surface area contributed by atoms with E-state index in [9.17, 15) is 0 Å². The van der Waals surface area contributed by atoms with Crippen molar-refractivity contribution in [3.05, 3.63) is 0 Å². The highest BCUT2D eigenvalue weighted by molar-refractivity contribution is 6.18. The average Bonchev–Trinajstić information content (AvgIpc) is 2.93. The molecule has 0 nitrogen and oxygen atoms in total. The Morgan fingerprint density at radius 3 is 2.44 bits per heavy atom. The molecule has 0 aromatic heterocycles. The maximum Gasteiger partial charge on any atom is 0.0280 e. The molecular weight excluding hydrogens is 216 g/mol. The molecule has 0 heterocycles. The third kappa shape index (κ3) is 2.75. The molecule has 0 saturated heterocycles. The first-order valence-electron chi connectivity index (χ1n) is 7.29. The molecular formula is C15H27Cl. The van der Waals surface area contributed by atoms with Crippen molar-refractivity contribution in [1.29, 1.82) is 0 Å². The summed E-state index contributed by atoms with van der Waals surface area (Å²) in [6.45, 7) is 4.66. The smallest absolute Gasteiger partial charge is 0.0280 e. The zero-order valence-corrected chi connectivity index (χ0v) is 11.7. The highest BCUT2D eigenvalue weighted by Crippen LogP contribution is 2.62. The predicted molar refractivity (Wildman–Crippen MR) is 71.9 cm³/mol. The maximum atomic E-state index is 6.29. The van der Waals surface area contributed by atoms with Crippen LogP contribution in [-0.4, -0.2) is 5.88 Å². The topological polar surface area (TPSA) is 0 Å². The van der Waals surface area contributed by atoms with Gasteiger partial charge in [-0.3, -0.25) is 0 Å². The summed E-state index contributed by atoms with van der Waals surface area (Å²) < 4.78 is 0. The van der Waals surface area contributed by atoms with Crippen LogP contribution in [-0.2, 0) is 0 Å². The monoisotopic (exact) mass is 242 g/mol. The van der Waals surface area contributed by atoms with Crippen LogP contribution in [0, 0.1) is 23.2 Å². The van der Waals surface area contributed by atoms with E-state index in [-0.39, 0.29) is 0 Å². The molecule has 0 amide bonds. The van der Waals surface area contributed by atoms with Gasteiger partial charge in [0.2, 0.25) is 0 Å². The van der Waals surface area contributed by atoms with Gasteiger partial charge in [-0.2, -0.15) is 0 Å². The molecule has 1 heteroatoms. The summed E-state index contributed by atoms with van der Waals surface area (Å²) in [5.74, 6) is 4.00. The molecule has 2 saturated carbocycles. The number of hydrogen-bond donors (Lipinski definition) is 0. The maximum absolute atomic E-state index is 6.29. The Kier molecular flexibility index (Phi) is 4.21. The van der Waals surface area contributed by atoms with Crippen LogP contribution >= 0.6 is 11.6 Å². The Bertz CT molecular complexity index is 213. The lowest BCUT2D eigenvalue weighted by molar-refractivity contribution is 0.214. The van der Waals surface area contributed by atoms with E-state index in [2.05, 4.69) is 13.8 Å². The lowest BCUT2D eigenvalue weighted by atomic mass is 9.75. The molecule has 0 spiro atoms. The number of unbranched alkanes of at least 4 members (excludes halogenated alkanes) is 1. The Labute approximate surface area is 106 Å². The fourth-order valence-electron chi connectivity index (χ4n) is 3.89. The van der Waals surface area contributed by atoms with Crippen LogP contribution in [0.25, 0.3) is 0 Å². The second-order valence-corrected chi connectivity index (χ2v) is 6.69. The van der Waals surface area contributed by atoms with Gasteiger partial charge in [0, 0.05) is 5.88 Å². The third-order valence-electron chi connectivity index (χ3n) is 5.01. The van der Waals surface area contributed by atoms with E-state index in [1.165, 1.54) is 51.4 Å². The zero-order chi connectivity index (χ0) is 11.6. The number of hydrogen-bond acceptors (Lipinski definition) is 0. The van der Waals surface area contributed by atoms with Crippen molar-refractivity contribution in [3.63, 3.8) is 0 Å². The van der Waals surface area contributed by atoms with Gasteiger partial charge in [-0.15, -0.1) is 11.6 Å². The molecule has 0 N–H and O–H groups in total. The summed E-state index contributed by atoms with van der Waals surface area (Å²) >= 11 is 6.29. The SMILES string of the molecule is CCCCC(CC)CC1(CCl)CC2CC2C1. The van der Waals surface area contributed by atoms with Crippen molar-refractivity contribution < 1.29 is 0 Å². The van der Waals surface area contributed by atoms with Crippen LogP contribution in [0.15, 0.2) is 0 Å². The number of rotatable bonds is 7. The third-order valence-corrected chi connectivity index (χ3v) is 5.57. The molecule has 16 heavy (non-hydrogen) atoms. The van der Waals surface area contributed by atoms with Gasteiger partial charge in [-0.05, 0) is 48.9 Å². The van der Waals surface area contributed by atoms with Crippen LogP contribution in [0.1, 0.15) is 65.2 Å². The molecule has 2 rings (SSSR count). The Hall–Kier alpha value is 0.290. The quantitative estimate of drug-likeness (QED) is 0.535. The average molecular weight is 243 g/mol. The van der Waals surface area contributed by atoms with E-state index in [0.717, 1.165) is 23.6 Å². The van der Waals surface area contributed by atoms with E-state index >= 15 is 0 Å². The molecule has 2 fully saturated rings. The molecule has 0 bridgehead atoms. The Balaban J connectivity index is 1.84. The van der Waals surface area contributed by atoms with Crippen molar-refractivity contribution in [1.82, 2.24) is 0 Å². The molecule has 0 aliphatic heterocycles. The minimum absolute atomic E-state index is 0.545. The summed E-state index contributed by atoms with van der Waals surface area (Å²) in [5.41, 5.74) is 0.545. The van der Waals surface area contributed by atoms with E-state index in [1.807, 2.05) is 0 Å². The molecule has 0 radical (unpaired) electrons. The second-order valence-electron chi connectivity index (χ2n) is 6.42. The Morgan fingerprint density at radius 1 is 1.25 bits per heavy atom. The minimum Gasteiger partial charge on any atom is -0.126 e. The summed E-state index contributed by atoms with van der Waals surface area (Å²) in [6, 6.07) is 0. The van der Waals surface area contributed by atoms with Gasteiger partial charge in [-0.25, -0.2) is 0 Å². The first-order valence-corrected chi connectivity index (χ1v) is 7.82.